The highest BCUT2D eigenvalue weighted by molar-refractivity contribution is 7.98. The predicted octanol–water partition coefficient (Wildman–Crippen LogP) is 3.30. The van der Waals surface area contributed by atoms with Crippen LogP contribution in [0.3, 0.4) is 0 Å². The molecule has 1 aromatic heterocycles. The average Bonchev–Trinajstić information content (AvgIpc) is 2.47. The molecule has 0 aliphatic carbocycles. The van der Waals surface area contributed by atoms with Crippen LogP contribution < -0.4 is 15.4 Å². The van der Waals surface area contributed by atoms with Gasteiger partial charge in [-0.05, 0) is 30.9 Å². The van der Waals surface area contributed by atoms with Crippen molar-refractivity contribution >= 4 is 29.1 Å². The Morgan fingerprint density at radius 3 is 2.55 bits per heavy atom. The number of nitrogens with zero attached hydrogens (tertiary/aromatic N) is 2. The number of anilines is 3. The molecular weight excluding hydrogens is 272 g/mol. The standard InChI is InChI=1S/C14H18N4OS/c1-9-5-6-11(19-3)10(7-9)16-13-8-12(15-2)17-14(18-13)20-4/h5-8H,1-4H3,(H2,15,16,17,18). The minimum atomic E-state index is 0.714. The van der Waals surface area contributed by atoms with Crippen molar-refractivity contribution in [1.82, 2.24) is 9.97 Å². The minimum absolute atomic E-state index is 0.714. The Kier molecular flexibility index (Phi) is 4.68. The topological polar surface area (TPSA) is 59.1 Å². The monoisotopic (exact) mass is 290 g/mol. The van der Waals surface area contributed by atoms with E-state index in [0.717, 1.165) is 28.6 Å². The Bertz CT molecular complexity index is 581. The Balaban J connectivity index is 2.36. The summed E-state index contributed by atoms with van der Waals surface area (Å²) in [5.41, 5.74) is 2.04. The van der Waals surface area contributed by atoms with E-state index in [1.807, 2.05) is 44.5 Å². The third-order valence-corrected chi connectivity index (χ3v) is 3.31. The van der Waals surface area contributed by atoms with Crippen molar-refractivity contribution in [2.75, 3.05) is 31.0 Å². The molecule has 0 saturated carbocycles. The number of rotatable bonds is 5. The second-order valence-electron chi connectivity index (χ2n) is 4.20. The molecule has 6 heteroatoms. The first kappa shape index (κ1) is 14.5. The third kappa shape index (κ3) is 3.33. The molecule has 0 amide bonds. The zero-order valence-corrected chi connectivity index (χ0v) is 12.8. The largest absolute Gasteiger partial charge is 0.495 e. The Hall–Kier alpha value is -1.95. The lowest BCUT2D eigenvalue weighted by molar-refractivity contribution is 0.416. The minimum Gasteiger partial charge on any atom is -0.495 e. The van der Waals surface area contributed by atoms with E-state index in [2.05, 4.69) is 20.6 Å². The molecule has 0 radical (unpaired) electrons. The molecule has 0 saturated heterocycles. The van der Waals surface area contributed by atoms with Crippen molar-refractivity contribution in [3.8, 4) is 5.75 Å². The number of thioether (sulfide) groups is 1. The van der Waals surface area contributed by atoms with Crippen molar-refractivity contribution < 1.29 is 4.74 Å². The zero-order chi connectivity index (χ0) is 14.5. The first-order valence-corrected chi connectivity index (χ1v) is 7.41. The van der Waals surface area contributed by atoms with Crippen LogP contribution in [0.15, 0.2) is 29.4 Å². The summed E-state index contributed by atoms with van der Waals surface area (Å²) in [6.45, 7) is 2.04. The molecule has 5 nitrogen and oxygen atoms in total. The fourth-order valence-electron chi connectivity index (χ4n) is 1.77. The number of benzene rings is 1. The summed E-state index contributed by atoms with van der Waals surface area (Å²) in [4.78, 5) is 8.79. The molecule has 0 aliphatic heterocycles. The Labute approximate surface area is 123 Å². The van der Waals surface area contributed by atoms with Crippen LogP contribution in [-0.4, -0.2) is 30.4 Å². The van der Waals surface area contributed by atoms with Gasteiger partial charge in [-0.2, -0.15) is 0 Å². The van der Waals surface area contributed by atoms with Crippen molar-refractivity contribution in [1.29, 1.82) is 0 Å². The lowest BCUT2D eigenvalue weighted by atomic mass is 10.2. The van der Waals surface area contributed by atoms with E-state index in [-0.39, 0.29) is 0 Å². The molecule has 2 N–H and O–H groups in total. The van der Waals surface area contributed by atoms with Crippen molar-refractivity contribution in [2.45, 2.75) is 12.1 Å². The van der Waals surface area contributed by atoms with Gasteiger partial charge in [0.05, 0.1) is 12.8 Å². The number of aryl methyl sites for hydroxylation is 1. The zero-order valence-electron chi connectivity index (χ0n) is 12.0. The van der Waals surface area contributed by atoms with E-state index in [0.29, 0.717) is 5.16 Å². The average molecular weight is 290 g/mol. The van der Waals surface area contributed by atoms with E-state index in [1.54, 1.807) is 7.11 Å². The van der Waals surface area contributed by atoms with E-state index in [1.165, 1.54) is 11.8 Å². The maximum Gasteiger partial charge on any atom is 0.191 e. The number of hydrogen-bond donors (Lipinski definition) is 2. The van der Waals surface area contributed by atoms with Gasteiger partial charge in [-0.3, -0.25) is 0 Å². The summed E-state index contributed by atoms with van der Waals surface area (Å²) in [6, 6.07) is 7.84. The van der Waals surface area contributed by atoms with Gasteiger partial charge in [-0.1, -0.05) is 17.8 Å². The number of hydrogen-bond acceptors (Lipinski definition) is 6. The van der Waals surface area contributed by atoms with Crippen LogP contribution in [0.5, 0.6) is 5.75 Å². The molecule has 0 bridgehead atoms. The van der Waals surface area contributed by atoms with Crippen LogP contribution in [0.4, 0.5) is 17.3 Å². The highest BCUT2D eigenvalue weighted by atomic mass is 32.2. The van der Waals surface area contributed by atoms with Crippen LogP contribution >= 0.6 is 11.8 Å². The summed E-state index contributed by atoms with van der Waals surface area (Å²) in [5, 5.41) is 7.03. The maximum atomic E-state index is 5.36. The molecule has 0 atom stereocenters. The summed E-state index contributed by atoms with van der Waals surface area (Å²) in [5.74, 6) is 2.29. The fraction of sp³-hybridized carbons (Fsp3) is 0.286. The molecule has 0 unspecified atom stereocenters. The molecule has 20 heavy (non-hydrogen) atoms. The van der Waals surface area contributed by atoms with Crippen molar-refractivity contribution in [3.05, 3.63) is 29.8 Å². The van der Waals surface area contributed by atoms with Gasteiger partial charge in [0.2, 0.25) is 0 Å². The molecule has 2 rings (SSSR count). The van der Waals surface area contributed by atoms with Gasteiger partial charge >= 0.3 is 0 Å². The van der Waals surface area contributed by atoms with E-state index < -0.39 is 0 Å². The third-order valence-electron chi connectivity index (χ3n) is 2.76. The van der Waals surface area contributed by atoms with Gasteiger partial charge in [0.1, 0.15) is 17.4 Å². The Morgan fingerprint density at radius 1 is 1.15 bits per heavy atom. The van der Waals surface area contributed by atoms with Crippen LogP contribution in [-0.2, 0) is 0 Å². The van der Waals surface area contributed by atoms with Gasteiger partial charge < -0.3 is 15.4 Å². The van der Waals surface area contributed by atoms with E-state index >= 15 is 0 Å². The number of nitrogens with one attached hydrogen (secondary N) is 2. The second kappa shape index (κ2) is 6.47. The molecule has 0 aliphatic rings. The number of ether oxygens (including phenoxy) is 1. The highest BCUT2D eigenvalue weighted by Crippen LogP contribution is 2.29. The van der Waals surface area contributed by atoms with Gasteiger partial charge in [-0.15, -0.1) is 0 Å². The second-order valence-corrected chi connectivity index (χ2v) is 4.98. The number of methoxy groups -OCH3 is 1. The van der Waals surface area contributed by atoms with Gasteiger partial charge in [0.25, 0.3) is 0 Å². The highest BCUT2D eigenvalue weighted by Gasteiger charge is 2.07. The summed E-state index contributed by atoms with van der Waals surface area (Å²) >= 11 is 1.50. The maximum absolute atomic E-state index is 5.36. The van der Waals surface area contributed by atoms with Crippen LogP contribution in [0.1, 0.15) is 5.56 Å². The quantitative estimate of drug-likeness (QED) is 0.651. The summed E-state index contributed by atoms with van der Waals surface area (Å²) in [6.07, 6.45) is 1.95. The molecule has 1 heterocycles. The molecule has 1 aromatic carbocycles. The summed E-state index contributed by atoms with van der Waals surface area (Å²) in [7, 11) is 3.49. The van der Waals surface area contributed by atoms with Gasteiger partial charge in [0.15, 0.2) is 5.16 Å². The van der Waals surface area contributed by atoms with Crippen molar-refractivity contribution in [2.24, 2.45) is 0 Å². The fourth-order valence-corrected chi connectivity index (χ4v) is 2.15. The van der Waals surface area contributed by atoms with E-state index in [4.69, 9.17) is 4.74 Å². The van der Waals surface area contributed by atoms with Gasteiger partial charge in [-0.25, -0.2) is 9.97 Å². The molecule has 106 valence electrons. The van der Waals surface area contributed by atoms with Crippen molar-refractivity contribution in [3.63, 3.8) is 0 Å². The van der Waals surface area contributed by atoms with Crippen LogP contribution in [0.25, 0.3) is 0 Å². The normalized spacial score (nSPS) is 10.2. The molecular formula is C14H18N4OS. The first-order chi connectivity index (χ1) is 9.66. The van der Waals surface area contributed by atoms with E-state index in [9.17, 15) is 0 Å². The first-order valence-electron chi connectivity index (χ1n) is 6.18. The lowest BCUT2D eigenvalue weighted by Crippen LogP contribution is -2.02. The smallest absolute Gasteiger partial charge is 0.191 e. The van der Waals surface area contributed by atoms with Crippen LogP contribution in [0, 0.1) is 6.92 Å². The number of aromatic nitrogens is 2. The van der Waals surface area contributed by atoms with Gasteiger partial charge in [0, 0.05) is 13.1 Å². The van der Waals surface area contributed by atoms with Crippen LogP contribution in [0.2, 0.25) is 0 Å². The molecule has 0 spiro atoms. The predicted molar refractivity (Wildman–Crippen MR) is 84.4 cm³/mol. The SMILES string of the molecule is CNc1cc(Nc2cc(C)ccc2OC)nc(SC)n1. The molecule has 2 aromatic rings. The lowest BCUT2D eigenvalue weighted by Gasteiger charge is -2.12. The summed E-state index contributed by atoms with van der Waals surface area (Å²) < 4.78 is 5.36. The Morgan fingerprint density at radius 2 is 1.90 bits per heavy atom. The molecule has 0 fully saturated rings.